The minimum absolute atomic E-state index is 0.0236. The van der Waals surface area contributed by atoms with E-state index < -0.39 is 11.5 Å². The summed E-state index contributed by atoms with van der Waals surface area (Å²) in [6.45, 7) is 0.304. The average molecular weight is 338 g/mol. The van der Waals surface area contributed by atoms with Gasteiger partial charge in [-0.15, -0.1) is 0 Å². The van der Waals surface area contributed by atoms with Crippen molar-refractivity contribution in [3.05, 3.63) is 63.1 Å². The Morgan fingerprint density at radius 3 is 2.92 bits per heavy atom. The number of ketones is 1. The van der Waals surface area contributed by atoms with Gasteiger partial charge in [-0.1, -0.05) is 18.2 Å². The number of aromatic nitrogens is 1. The van der Waals surface area contributed by atoms with Crippen molar-refractivity contribution in [2.24, 2.45) is 0 Å². The lowest BCUT2D eigenvalue weighted by Gasteiger charge is -2.16. The predicted molar refractivity (Wildman–Crippen MR) is 91.2 cm³/mol. The summed E-state index contributed by atoms with van der Waals surface area (Å²) in [6, 6.07) is 9.18. The highest BCUT2D eigenvalue weighted by atomic mass is 16.5. The third kappa shape index (κ3) is 2.95. The van der Waals surface area contributed by atoms with E-state index in [-0.39, 0.29) is 17.5 Å². The second-order valence-electron chi connectivity index (χ2n) is 6.44. The fourth-order valence-electron chi connectivity index (χ4n) is 3.41. The third-order valence-electron chi connectivity index (χ3n) is 4.70. The molecule has 4 rings (SSSR count). The van der Waals surface area contributed by atoms with Crippen molar-refractivity contribution >= 4 is 11.7 Å². The van der Waals surface area contributed by atoms with Crippen molar-refractivity contribution in [3.63, 3.8) is 0 Å². The van der Waals surface area contributed by atoms with Crippen LogP contribution in [0.15, 0.2) is 35.1 Å². The molecule has 25 heavy (non-hydrogen) atoms. The molecule has 2 aromatic rings. The highest BCUT2D eigenvalue weighted by Crippen LogP contribution is 2.27. The van der Waals surface area contributed by atoms with Crippen molar-refractivity contribution in [2.75, 3.05) is 6.54 Å². The minimum Gasteiger partial charge on any atom is -0.488 e. The molecule has 2 N–H and O–H groups in total. The summed E-state index contributed by atoms with van der Waals surface area (Å²) in [5, 5.41) is 2.74. The molecule has 0 saturated heterocycles. The molecule has 128 valence electrons. The summed E-state index contributed by atoms with van der Waals surface area (Å²) in [7, 11) is 0. The van der Waals surface area contributed by atoms with Crippen LogP contribution in [0.4, 0.5) is 0 Å². The summed E-state index contributed by atoms with van der Waals surface area (Å²) in [5.74, 6) is 0.321. The lowest BCUT2D eigenvalue weighted by molar-refractivity contribution is 0.0932. The molecule has 0 radical (unpaired) electrons. The van der Waals surface area contributed by atoms with Crippen molar-refractivity contribution < 1.29 is 14.3 Å². The Labute approximate surface area is 144 Å². The SMILES string of the molecule is O=C1CCCc2[nH]c(=O)c(C(=O)NCC3Cc4ccccc4O3)cc21. The van der Waals surface area contributed by atoms with Crippen molar-refractivity contribution in [1.82, 2.24) is 10.3 Å². The first-order valence-electron chi connectivity index (χ1n) is 8.44. The van der Waals surface area contributed by atoms with E-state index in [9.17, 15) is 14.4 Å². The molecule has 1 aliphatic carbocycles. The first kappa shape index (κ1) is 15.6. The summed E-state index contributed by atoms with van der Waals surface area (Å²) in [4.78, 5) is 39.2. The maximum atomic E-state index is 12.4. The summed E-state index contributed by atoms with van der Waals surface area (Å²) < 4.78 is 5.78. The molecule has 6 heteroatoms. The molecular formula is C19H18N2O4. The van der Waals surface area contributed by atoms with Crippen LogP contribution in [-0.2, 0) is 12.8 Å². The van der Waals surface area contributed by atoms with Gasteiger partial charge in [-0.05, 0) is 30.5 Å². The maximum absolute atomic E-state index is 12.4. The maximum Gasteiger partial charge on any atom is 0.261 e. The molecule has 1 aliphatic heterocycles. The number of fused-ring (bicyclic) bond motifs is 2. The van der Waals surface area contributed by atoms with Gasteiger partial charge >= 0.3 is 0 Å². The van der Waals surface area contributed by atoms with Crippen LogP contribution in [0.1, 0.15) is 44.8 Å². The molecule has 1 aromatic carbocycles. The van der Waals surface area contributed by atoms with Crippen LogP contribution in [0.25, 0.3) is 0 Å². The lowest BCUT2D eigenvalue weighted by Crippen LogP contribution is -2.37. The number of rotatable bonds is 3. The predicted octanol–water partition coefficient (Wildman–Crippen LogP) is 1.63. The highest BCUT2D eigenvalue weighted by Gasteiger charge is 2.25. The number of H-pyrrole nitrogens is 1. The Balaban J connectivity index is 1.46. The standard InChI is InChI=1S/C19H18N2O4/c22-16-6-3-5-15-13(16)9-14(19(24)21-15)18(23)20-10-12-8-11-4-1-2-7-17(11)25-12/h1-2,4,7,9,12H,3,5-6,8,10H2,(H,20,23)(H,21,24). The van der Waals surface area contributed by atoms with Crippen LogP contribution in [0.3, 0.4) is 0 Å². The zero-order chi connectivity index (χ0) is 17.4. The number of pyridine rings is 1. The molecule has 1 aromatic heterocycles. The van der Waals surface area contributed by atoms with Crippen LogP contribution in [0.5, 0.6) is 5.75 Å². The number of hydrogen-bond acceptors (Lipinski definition) is 4. The summed E-state index contributed by atoms with van der Waals surface area (Å²) in [6.07, 6.45) is 2.41. The molecular weight excluding hydrogens is 320 g/mol. The smallest absolute Gasteiger partial charge is 0.261 e. The van der Waals surface area contributed by atoms with E-state index in [1.165, 1.54) is 6.07 Å². The van der Waals surface area contributed by atoms with E-state index >= 15 is 0 Å². The quantitative estimate of drug-likeness (QED) is 0.890. The number of ether oxygens (including phenoxy) is 1. The molecule has 2 aliphatic rings. The average Bonchev–Trinajstić information content (AvgIpc) is 3.02. The highest BCUT2D eigenvalue weighted by molar-refractivity contribution is 6.01. The van der Waals surface area contributed by atoms with Crippen molar-refractivity contribution in [3.8, 4) is 5.75 Å². The van der Waals surface area contributed by atoms with Crippen LogP contribution in [0, 0.1) is 0 Å². The Bertz CT molecular complexity index is 891. The lowest BCUT2D eigenvalue weighted by atomic mass is 9.93. The Morgan fingerprint density at radius 2 is 2.08 bits per heavy atom. The largest absolute Gasteiger partial charge is 0.488 e. The van der Waals surface area contributed by atoms with E-state index in [1.54, 1.807) is 0 Å². The first-order chi connectivity index (χ1) is 12.1. The number of para-hydroxylation sites is 1. The molecule has 1 unspecified atom stereocenters. The van der Waals surface area contributed by atoms with Gasteiger partial charge in [0.1, 0.15) is 17.4 Å². The fourth-order valence-corrected chi connectivity index (χ4v) is 3.41. The number of amides is 1. The van der Waals surface area contributed by atoms with Crippen LogP contribution in [-0.4, -0.2) is 29.3 Å². The second kappa shape index (κ2) is 6.20. The number of carbonyl (C=O) groups is 2. The topological polar surface area (TPSA) is 88.3 Å². The molecule has 1 amide bonds. The molecule has 6 nitrogen and oxygen atoms in total. The second-order valence-corrected chi connectivity index (χ2v) is 6.44. The molecule has 0 spiro atoms. The van der Waals surface area contributed by atoms with Gasteiger partial charge in [0.25, 0.3) is 11.5 Å². The van der Waals surface area contributed by atoms with Gasteiger partial charge in [-0.25, -0.2) is 0 Å². The van der Waals surface area contributed by atoms with E-state index in [4.69, 9.17) is 4.74 Å². The Hall–Kier alpha value is -2.89. The normalized spacial score (nSPS) is 18.2. The van der Waals surface area contributed by atoms with Crippen LogP contribution < -0.4 is 15.6 Å². The zero-order valence-corrected chi connectivity index (χ0v) is 13.6. The molecule has 1 atom stereocenters. The van der Waals surface area contributed by atoms with E-state index in [1.807, 2.05) is 24.3 Å². The summed E-state index contributed by atoms with van der Waals surface area (Å²) >= 11 is 0. The van der Waals surface area contributed by atoms with Crippen molar-refractivity contribution in [2.45, 2.75) is 31.8 Å². The number of Topliss-reactive ketones (excluding diaryl/α,β-unsaturated/α-hetero) is 1. The Morgan fingerprint density at radius 1 is 1.24 bits per heavy atom. The Kier molecular flexibility index (Phi) is 3.87. The van der Waals surface area contributed by atoms with E-state index in [0.29, 0.717) is 30.6 Å². The number of nitrogens with one attached hydrogen (secondary N) is 2. The van der Waals surface area contributed by atoms with Gasteiger partial charge < -0.3 is 15.0 Å². The minimum atomic E-state index is -0.484. The van der Waals surface area contributed by atoms with E-state index in [2.05, 4.69) is 10.3 Å². The number of carbonyl (C=O) groups excluding carboxylic acids is 2. The molecule has 2 heterocycles. The van der Waals surface area contributed by atoms with Gasteiger partial charge in [-0.2, -0.15) is 0 Å². The monoisotopic (exact) mass is 338 g/mol. The number of benzene rings is 1. The number of aryl methyl sites for hydroxylation is 1. The molecule has 0 saturated carbocycles. The first-order valence-corrected chi connectivity index (χ1v) is 8.44. The van der Waals surface area contributed by atoms with Gasteiger partial charge in [0.05, 0.1) is 6.54 Å². The molecule has 0 fully saturated rings. The fraction of sp³-hybridized carbons (Fsp3) is 0.316. The molecule has 0 bridgehead atoms. The van der Waals surface area contributed by atoms with Crippen LogP contribution in [0.2, 0.25) is 0 Å². The van der Waals surface area contributed by atoms with Crippen molar-refractivity contribution in [1.29, 1.82) is 0 Å². The van der Waals surface area contributed by atoms with Gasteiger partial charge in [0.15, 0.2) is 5.78 Å². The number of aromatic amines is 1. The van der Waals surface area contributed by atoms with Gasteiger partial charge in [-0.3, -0.25) is 14.4 Å². The van der Waals surface area contributed by atoms with Crippen LogP contribution >= 0.6 is 0 Å². The third-order valence-corrected chi connectivity index (χ3v) is 4.70. The van der Waals surface area contributed by atoms with Gasteiger partial charge in [0.2, 0.25) is 0 Å². The zero-order valence-electron chi connectivity index (χ0n) is 13.6. The van der Waals surface area contributed by atoms with Gasteiger partial charge in [0, 0.05) is 24.1 Å². The number of hydrogen-bond donors (Lipinski definition) is 2. The summed E-state index contributed by atoms with van der Waals surface area (Å²) in [5.41, 5.74) is 1.72. The van der Waals surface area contributed by atoms with E-state index in [0.717, 1.165) is 24.2 Å².